The second kappa shape index (κ2) is 13.4. The molecule has 164 valence electrons. The number of anilines is 1. The summed E-state index contributed by atoms with van der Waals surface area (Å²) in [7, 11) is 2.17. The van der Waals surface area contributed by atoms with Crippen LogP contribution in [-0.4, -0.2) is 62.2 Å². The van der Waals surface area contributed by atoms with E-state index >= 15 is 0 Å². The van der Waals surface area contributed by atoms with Crippen LogP contribution in [0, 0.1) is 0 Å². The van der Waals surface area contributed by atoms with Gasteiger partial charge in [-0.2, -0.15) is 0 Å². The van der Waals surface area contributed by atoms with Gasteiger partial charge in [0.1, 0.15) is 5.82 Å². The summed E-state index contributed by atoms with van der Waals surface area (Å²) in [5, 5.41) is 6.76. The summed E-state index contributed by atoms with van der Waals surface area (Å²) in [5.41, 5.74) is 2.51. The van der Waals surface area contributed by atoms with Crippen molar-refractivity contribution in [2.24, 2.45) is 4.99 Å². The molecule has 1 aliphatic rings. The average molecular weight is 522 g/mol. The quantitative estimate of drug-likeness (QED) is 0.242. The number of benzene rings is 1. The van der Waals surface area contributed by atoms with E-state index in [1.54, 1.807) is 0 Å². The van der Waals surface area contributed by atoms with Crippen LogP contribution < -0.4 is 15.5 Å². The van der Waals surface area contributed by atoms with E-state index in [0.29, 0.717) is 6.54 Å². The number of guanidine groups is 1. The van der Waals surface area contributed by atoms with Crippen molar-refractivity contribution >= 4 is 35.8 Å². The third-order valence-corrected chi connectivity index (χ3v) is 5.18. The highest BCUT2D eigenvalue weighted by Crippen LogP contribution is 2.14. The Morgan fingerprint density at radius 3 is 2.43 bits per heavy atom. The molecule has 2 heterocycles. The van der Waals surface area contributed by atoms with Gasteiger partial charge in [0.25, 0.3) is 0 Å². The number of likely N-dealkylation sites (N-methyl/N-ethyl adjacent to an activating group) is 1. The van der Waals surface area contributed by atoms with Crippen LogP contribution in [0.2, 0.25) is 0 Å². The van der Waals surface area contributed by atoms with E-state index in [1.165, 1.54) is 5.56 Å². The lowest BCUT2D eigenvalue weighted by Gasteiger charge is -2.33. The summed E-state index contributed by atoms with van der Waals surface area (Å²) in [6.07, 6.45) is 4.11. The first-order valence-corrected chi connectivity index (χ1v) is 10.7. The Kier molecular flexibility index (Phi) is 10.9. The van der Waals surface area contributed by atoms with Crippen molar-refractivity contribution in [3.05, 3.63) is 59.8 Å². The maximum absolute atomic E-state index is 4.71. The molecular formula is C23H35IN6. The third kappa shape index (κ3) is 8.10. The number of hydrogen-bond donors (Lipinski definition) is 2. The predicted molar refractivity (Wildman–Crippen MR) is 137 cm³/mol. The Morgan fingerprint density at radius 2 is 1.77 bits per heavy atom. The zero-order valence-corrected chi connectivity index (χ0v) is 20.5. The summed E-state index contributed by atoms with van der Waals surface area (Å²) in [4.78, 5) is 14.1. The van der Waals surface area contributed by atoms with Crippen LogP contribution in [0.3, 0.4) is 0 Å². The molecule has 1 aromatic carbocycles. The van der Waals surface area contributed by atoms with Crippen molar-refractivity contribution in [1.29, 1.82) is 0 Å². The molecule has 0 amide bonds. The van der Waals surface area contributed by atoms with E-state index in [2.05, 4.69) is 81.9 Å². The number of rotatable bonds is 8. The minimum atomic E-state index is 0. The number of aromatic nitrogens is 1. The van der Waals surface area contributed by atoms with Crippen LogP contribution in [-0.2, 0) is 13.0 Å². The van der Waals surface area contributed by atoms with E-state index in [-0.39, 0.29) is 24.0 Å². The van der Waals surface area contributed by atoms with Gasteiger partial charge in [0.2, 0.25) is 0 Å². The Balaban J connectivity index is 0.00000320. The number of pyridine rings is 1. The standard InChI is InChI=1S/C23H34N6.HI/c1-3-24-23(25-13-7-10-20-8-5-4-6-9-20)27-19-21-11-12-22(26-18-21)29-16-14-28(2)15-17-29;/h4-6,8-9,11-12,18H,3,7,10,13-17,19H2,1-2H3,(H2,24,25,27);1H. The fraction of sp³-hybridized carbons (Fsp3) is 0.478. The smallest absolute Gasteiger partial charge is 0.191 e. The second-order valence-corrected chi connectivity index (χ2v) is 7.53. The SMILES string of the molecule is CCNC(=NCc1ccc(N2CCN(C)CC2)nc1)NCCCc1ccccc1.I. The minimum absolute atomic E-state index is 0. The van der Waals surface area contributed by atoms with Crippen molar-refractivity contribution < 1.29 is 0 Å². The summed E-state index contributed by atoms with van der Waals surface area (Å²) < 4.78 is 0. The van der Waals surface area contributed by atoms with E-state index in [9.17, 15) is 0 Å². The second-order valence-electron chi connectivity index (χ2n) is 7.53. The molecule has 1 aromatic heterocycles. The van der Waals surface area contributed by atoms with Crippen LogP contribution >= 0.6 is 24.0 Å². The Hall–Kier alpha value is -1.87. The van der Waals surface area contributed by atoms with Gasteiger partial charge in [-0.3, -0.25) is 0 Å². The van der Waals surface area contributed by atoms with Gasteiger partial charge in [0.15, 0.2) is 5.96 Å². The molecule has 3 rings (SSSR count). The third-order valence-electron chi connectivity index (χ3n) is 5.18. The summed E-state index contributed by atoms with van der Waals surface area (Å²) in [5.74, 6) is 1.93. The fourth-order valence-electron chi connectivity index (χ4n) is 3.39. The van der Waals surface area contributed by atoms with Crippen LogP contribution in [0.5, 0.6) is 0 Å². The molecule has 6 nitrogen and oxygen atoms in total. The Bertz CT molecular complexity index is 742. The van der Waals surface area contributed by atoms with Gasteiger partial charge in [-0.15, -0.1) is 24.0 Å². The molecule has 1 fully saturated rings. The predicted octanol–water partition coefficient (Wildman–Crippen LogP) is 3.14. The monoisotopic (exact) mass is 522 g/mol. The van der Waals surface area contributed by atoms with Crippen LogP contribution in [0.15, 0.2) is 53.7 Å². The van der Waals surface area contributed by atoms with Crippen LogP contribution in [0.1, 0.15) is 24.5 Å². The van der Waals surface area contributed by atoms with Crippen molar-refractivity contribution in [1.82, 2.24) is 20.5 Å². The molecule has 0 spiro atoms. The first-order valence-electron chi connectivity index (χ1n) is 10.7. The van der Waals surface area contributed by atoms with Gasteiger partial charge in [-0.25, -0.2) is 9.98 Å². The maximum atomic E-state index is 4.71. The largest absolute Gasteiger partial charge is 0.357 e. The van der Waals surface area contributed by atoms with Crippen molar-refractivity contribution in [3.8, 4) is 0 Å². The minimum Gasteiger partial charge on any atom is -0.357 e. The number of hydrogen-bond acceptors (Lipinski definition) is 4. The van der Waals surface area contributed by atoms with Gasteiger partial charge < -0.3 is 20.4 Å². The molecule has 1 saturated heterocycles. The first-order chi connectivity index (χ1) is 14.2. The highest BCUT2D eigenvalue weighted by atomic mass is 127. The van der Waals surface area contributed by atoms with Crippen molar-refractivity contribution in [3.63, 3.8) is 0 Å². The molecule has 30 heavy (non-hydrogen) atoms. The van der Waals surface area contributed by atoms with Crippen molar-refractivity contribution in [2.75, 3.05) is 51.2 Å². The molecular weight excluding hydrogens is 487 g/mol. The molecule has 1 aliphatic heterocycles. The molecule has 0 unspecified atom stereocenters. The highest BCUT2D eigenvalue weighted by molar-refractivity contribution is 14.0. The highest BCUT2D eigenvalue weighted by Gasteiger charge is 2.14. The molecule has 2 N–H and O–H groups in total. The van der Waals surface area contributed by atoms with E-state index in [0.717, 1.165) is 69.5 Å². The number of halogens is 1. The van der Waals surface area contributed by atoms with Gasteiger partial charge in [0, 0.05) is 45.5 Å². The zero-order chi connectivity index (χ0) is 20.3. The fourth-order valence-corrected chi connectivity index (χ4v) is 3.39. The lowest BCUT2D eigenvalue weighted by atomic mass is 10.1. The summed E-state index contributed by atoms with van der Waals surface area (Å²) >= 11 is 0. The van der Waals surface area contributed by atoms with Gasteiger partial charge in [0.05, 0.1) is 6.54 Å². The number of aryl methyl sites for hydroxylation is 1. The van der Waals surface area contributed by atoms with Gasteiger partial charge in [-0.05, 0) is 44.0 Å². The zero-order valence-electron chi connectivity index (χ0n) is 18.2. The van der Waals surface area contributed by atoms with Crippen molar-refractivity contribution in [2.45, 2.75) is 26.3 Å². The summed E-state index contributed by atoms with van der Waals surface area (Å²) in [6.45, 7) is 8.74. The number of aliphatic imine (C=N–C) groups is 1. The lowest BCUT2D eigenvalue weighted by Crippen LogP contribution is -2.44. The van der Waals surface area contributed by atoms with E-state index in [1.807, 2.05) is 6.20 Å². The number of nitrogens with zero attached hydrogens (tertiary/aromatic N) is 4. The lowest BCUT2D eigenvalue weighted by molar-refractivity contribution is 0.312. The summed E-state index contributed by atoms with van der Waals surface area (Å²) in [6, 6.07) is 14.9. The Labute approximate surface area is 198 Å². The number of piperazine rings is 1. The maximum Gasteiger partial charge on any atom is 0.191 e. The van der Waals surface area contributed by atoms with Crippen LogP contribution in [0.25, 0.3) is 0 Å². The molecule has 0 saturated carbocycles. The topological polar surface area (TPSA) is 55.8 Å². The molecule has 0 bridgehead atoms. The molecule has 7 heteroatoms. The molecule has 0 atom stereocenters. The van der Waals surface area contributed by atoms with Gasteiger partial charge >= 0.3 is 0 Å². The number of nitrogens with one attached hydrogen (secondary N) is 2. The normalized spacial score (nSPS) is 14.9. The van der Waals surface area contributed by atoms with E-state index < -0.39 is 0 Å². The average Bonchev–Trinajstić information content (AvgIpc) is 2.76. The van der Waals surface area contributed by atoms with E-state index in [4.69, 9.17) is 4.99 Å². The van der Waals surface area contributed by atoms with Gasteiger partial charge in [-0.1, -0.05) is 36.4 Å². The first kappa shape index (κ1) is 24.4. The molecule has 0 aliphatic carbocycles. The Morgan fingerprint density at radius 1 is 1.00 bits per heavy atom. The molecule has 2 aromatic rings. The molecule has 0 radical (unpaired) electrons. The van der Waals surface area contributed by atoms with Crippen LogP contribution in [0.4, 0.5) is 5.82 Å².